The van der Waals surface area contributed by atoms with E-state index in [1.54, 1.807) is 13.0 Å². The van der Waals surface area contributed by atoms with Crippen LogP contribution in [0.15, 0.2) is 23.0 Å². The van der Waals surface area contributed by atoms with Crippen LogP contribution in [-0.4, -0.2) is 62.5 Å². The minimum Gasteiger partial charge on any atom is -0.388 e. The van der Waals surface area contributed by atoms with E-state index in [4.69, 9.17) is 11.6 Å². The highest BCUT2D eigenvalue weighted by Crippen LogP contribution is 2.27. The number of aliphatic hydroxyl groups is 1. The molecule has 2 fully saturated rings. The highest BCUT2D eigenvalue weighted by Gasteiger charge is 2.29. The summed E-state index contributed by atoms with van der Waals surface area (Å²) in [7, 11) is 0. The van der Waals surface area contributed by atoms with Gasteiger partial charge in [-0.2, -0.15) is 9.78 Å². The molecule has 0 bridgehead atoms. The van der Waals surface area contributed by atoms with Crippen molar-refractivity contribution in [1.29, 1.82) is 0 Å². The number of hydrogen-bond donors (Lipinski definition) is 4. The van der Waals surface area contributed by atoms with Gasteiger partial charge in [0.25, 0.3) is 5.91 Å². The average Bonchev–Trinajstić information content (AvgIpc) is 2.93. The van der Waals surface area contributed by atoms with Crippen LogP contribution >= 0.6 is 11.6 Å². The third-order valence-electron chi connectivity index (χ3n) is 6.55. The number of hydrogen-bond acceptors (Lipinski definition) is 6. The molecule has 2 amide bonds. The Bertz CT molecular complexity index is 1120. The molecule has 1 saturated carbocycles. The summed E-state index contributed by atoms with van der Waals surface area (Å²) in [5, 5.41) is 24.1. The number of benzene rings is 1. The minimum atomic E-state index is -0.917. The van der Waals surface area contributed by atoms with Crippen molar-refractivity contribution in [2.75, 3.05) is 19.6 Å². The van der Waals surface area contributed by atoms with Gasteiger partial charge in [0.05, 0.1) is 27.9 Å². The number of nitrogens with one attached hydrogen (secondary N) is 3. The maximum atomic E-state index is 13.0. The van der Waals surface area contributed by atoms with Crippen LogP contribution in [-0.2, 0) is 11.3 Å². The Kier molecular flexibility index (Phi) is 7.39. The summed E-state index contributed by atoms with van der Waals surface area (Å²) >= 11 is 6.28. The van der Waals surface area contributed by atoms with Crippen LogP contribution in [0.2, 0.25) is 5.02 Å². The van der Waals surface area contributed by atoms with Gasteiger partial charge in [-0.1, -0.05) is 37.3 Å². The number of carbonyl (C=O) groups is 2. The Morgan fingerprint density at radius 3 is 2.59 bits per heavy atom. The van der Waals surface area contributed by atoms with E-state index in [-0.39, 0.29) is 35.6 Å². The van der Waals surface area contributed by atoms with E-state index in [1.165, 1.54) is 16.7 Å². The van der Waals surface area contributed by atoms with Crippen LogP contribution in [0, 0.1) is 6.92 Å². The topological polar surface area (TPSA) is 130 Å². The van der Waals surface area contributed by atoms with Crippen molar-refractivity contribution in [2.45, 2.75) is 63.6 Å². The van der Waals surface area contributed by atoms with Gasteiger partial charge in [-0.05, 0) is 38.0 Å². The second-order valence-corrected chi connectivity index (χ2v) is 9.64. The van der Waals surface area contributed by atoms with Crippen molar-refractivity contribution >= 4 is 23.4 Å². The van der Waals surface area contributed by atoms with Crippen molar-refractivity contribution in [3.63, 3.8) is 0 Å². The fourth-order valence-corrected chi connectivity index (χ4v) is 4.58. The van der Waals surface area contributed by atoms with Gasteiger partial charge in [0, 0.05) is 19.6 Å². The van der Waals surface area contributed by atoms with Crippen molar-refractivity contribution in [2.24, 2.45) is 0 Å². The summed E-state index contributed by atoms with van der Waals surface area (Å²) in [6.45, 7) is 3.08. The molecule has 1 aliphatic heterocycles. The first-order valence-electron chi connectivity index (χ1n) is 11.7. The predicted molar refractivity (Wildman–Crippen MR) is 127 cm³/mol. The monoisotopic (exact) mass is 490 g/mol. The number of aryl methyl sites for hydroxylation is 1. The Labute approximate surface area is 202 Å². The smallest absolute Gasteiger partial charge is 0.351 e. The van der Waals surface area contributed by atoms with E-state index in [1.807, 2.05) is 0 Å². The molecule has 4 N–H and O–H groups in total. The van der Waals surface area contributed by atoms with E-state index < -0.39 is 17.2 Å². The standard InChI is InChI=1S/C23H31ClN6O4/c1-15-28-30(22(33)29(15)13-20(31)27-16-11-25-12-16)17-6-7-19(24)18(10-17)21(32)26-14-23(34)8-4-2-3-5-9-23/h6-7,10,16,25,34H,2-5,8-9,11-14H2,1H3,(H,26,32)(H,27,31). The summed E-state index contributed by atoms with van der Waals surface area (Å²) in [4.78, 5) is 38.1. The Morgan fingerprint density at radius 2 is 1.94 bits per heavy atom. The SMILES string of the molecule is Cc1nn(-c2ccc(Cl)c(C(=O)NCC3(O)CCCCCC3)c2)c(=O)n1CC(=O)NC1CNC1. The van der Waals surface area contributed by atoms with Gasteiger partial charge in [0.15, 0.2) is 0 Å². The Hall–Kier alpha value is -2.69. The number of halogens is 1. The first kappa shape index (κ1) is 24.4. The molecule has 2 heterocycles. The molecule has 1 aromatic heterocycles. The molecule has 11 heteroatoms. The molecule has 0 unspecified atom stereocenters. The first-order chi connectivity index (χ1) is 16.3. The van der Waals surface area contributed by atoms with E-state index >= 15 is 0 Å². The maximum Gasteiger partial charge on any atom is 0.351 e. The van der Waals surface area contributed by atoms with Crippen LogP contribution in [0.1, 0.15) is 54.7 Å². The molecule has 0 atom stereocenters. The molecule has 0 radical (unpaired) electrons. The molecule has 0 spiro atoms. The second kappa shape index (κ2) is 10.3. The van der Waals surface area contributed by atoms with Crippen molar-refractivity contribution in [1.82, 2.24) is 30.3 Å². The highest BCUT2D eigenvalue weighted by atomic mass is 35.5. The van der Waals surface area contributed by atoms with E-state index in [9.17, 15) is 19.5 Å². The van der Waals surface area contributed by atoms with Crippen LogP contribution < -0.4 is 21.6 Å². The van der Waals surface area contributed by atoms with E-state index in [2.05, 4.69) is 21.0 Å². The summed E-state index contributed by atoms with van der Waals surface area (Å²) in [5.41, 5.74) is -0.858. The highest BCUT2D eigenvalue weighted by molar-refractivity contribution is 6.33. The molecule has 1 aliphatic carbocycles. The van der Waals surface area contributed by atoms with Crippen molar-refractivity contribution < 1.29 is 14.7 Å². The first-order valence-corrected chi connectivity index (χ1v) is 12.1. The summed E-state index contributed by atoms with van der Waals surface area (Å²) in [5.74, 6) is -0.311. The van der Waals surface area contributed by atoms with Gasteiger partial charge in [0.1, 0.15) is 12.4 Å². The van der Waals surface area contributed by atoms with Crippen LogP contribution in [0.3, 0.4) is 0 Å². The quantitative estimate of drug-likeness (QED) is 0.427. The van der Waals surface area contributed by atoms with Crippen LogP contribution in [0.25, 0.3) is 5.69 Å². The number of nitrogens with zero attached hydrogens (tertiary/aromatic N) is 3. The number of amides is 2. The Morgan fingerprint density at radius 1 is 1.24 bits per heavy atom. The zero-order valence-electron chi connectivity index (χ0n) is 19.3. The second-order valence-electron chi connectivity index (χ2n) is 9.24. The van der Waals surface area contributed by atoms with E-state index in [0.29, 0.717) is 37.4 Å². The molecular weight excluding hydrogens is 460 g/mol. The van der Waals surface area contributed by atoms with Gasteiger partial charge >= 0.3 is 5.69 Å². The Balaban J connectivity index is 1.49. The average molecular weight is 491 g/mol. The van der Waals surface area contributed by atoms with Crippen molar-refractivity contribution in [3.05, 3.63) is 45.1 Å². The van der Waals surface area contributed by atoms with Crippen molar-refractivity contribution in [3.8, 4) is 5.69 Å². The number of carbonyl (C=O) groups excluding carboxylic acids is 2. The third-order valence-corrected chi connectivity index (χ3v) is 6.88. The predicted octanol–water partition coefficient (Wildman–Crippen LogP) is 0.899. The zero-order valence-corrected chi connectivity index (χ0v) is 20.0. The lowest BCUT2D eigenvalue weighted by Crippen LogP contribution is -2.57. The van der Waals surface area contributed by atoms with Crippen LogP contribution in [0.4, 0.5) is 0 Å². The third kappa shape index (κ3) is 5.51. The van der Waals surface area contributed by atoms with Gasteiger partial charge in [-0.15, -0.1) is 0 Å². The molecule has 1 aromatic carbocycles. The molecule has 10 nitrogen and oxygen atoms in total. The lowest BCUT2D eigenvalue weighted by molar-refractivity contribution is -0.122. The van der Waals surface area contributed by atoms with Gasteiger partial charge in [0.2, 0.25) is 5.91 Å². The lowest BCUT2D eigenvalue weighted by Gasteiger charge is -2.27. The summed E-state index contributed by atoms with van der Waals surface area (Å²) in [6, 6.07) is 4.69. The molecule has 184 valence electrons. The molecule has 1 saturated heterocycles. The number of rotatable bonds is 7. The van der Waals surface area contributed by atoms with Gasteiger partial charge in [-0.3, -0.25) is 14.2 Å². The number of aromatic nitrogens is 3. The van der Waals surface area contributed by atoms with Crippen LogP contribution in [0.5, 0.6) is 0 Å². The fourth-order valence-electron chi connectivity index (χ4n) is 4.37. The van der Waals surface area contributed by atoms with Gasteiger partial charge < -0.3 is 21.1 Å². The minimum absolute atomic E-state index is 0.0759. The lowest BCUT2D eigenvalue weighted by atomic mass is 9.94. The molecular formula is C23H31ClN6O4. The largest absolute Gasteiger partial charge is 0.388 e. The summed E-state index contributed by atoms with van der Waals surface area (Å²) in [6.07, 6.45) is 5.34. The molecule has 2 aliphatic rings. The molecule has 4 rings (SSSR count). The summed E-state index contributed by atoms with van der Waals surface area (Å²) < 4.78 is 2.44. The van der Waals surface area contributed by atoms with Gasteiger partial charge in [-0.25, -0.2) is 4.79 Å². The normalized spacial score (nSPS) is 18.1. The molecule has 34 heavy (non-hydrogen) atoms. The van der Waals surface area contributed by atoms with E-state index in [0.717, 1.165) is 30.4 Å². The molecule has 2 aromatic rings. The zero-order chi connectivity index (χ0) is 24.3. The fraction of sp³-hybridized carbons (Fsp3) is 0.565. The maximum absolute atomic E-state index is 13.0.